The Labute approximate surface area is 126 Å². The zero-order valence-corrected chi connectivity index (χ0v) is 11.6. The van der Waals surface area contributed by atoms with Crippen molar-refractivity contribution in [3.05, 3.63) is 65.7 Å². The molecule has 3 aromatic rings. The van der Waals surface area contributed by atoms with Crippen LogP contribution >= 0.6 is 0 Å². The molecule has 1 aromatic heterocycles. The molecule has 0 spiro atoms. The molecule has 2 N–H and O–H groups in total. The summed E-state index contributed by atoms with van der Waals surface area (Å²) in [6.07, 6.45) is 0. The molecule has 110 valence electrons. The standard InChI is InChI=1S/C17H13NO4/c19-10-14-15(12-7-4-8-13(9-12)17(20)21)18-22-16(14)11-5-2-1-3-6-11/h1-9,19H,10H2,(H,20,21). The number of rotatable bonds is 4. The first-order valence-electron chi connectivity index (χ1n) is 6.69. The second-order valence-electron chi connectivity index (χ2n) is 4.75. The number of aromatic nitrogens is 1. The van der Waals surface area contributed by atoms with Gasteiger partial charge < -0.3 is 14.7 Å². The number of hydrogen-bond acceptors (Lipinski definition) is 4. The van der Waals surface area contributed by atoms with Gasteiger partial charge in [0.25, 0.3) is 0 Å². The van der Waals surface area contributed by atoms with Crippen molar-refractivity contribution >= 4 is 5.97 Å². The first-order chi connectivity index (χ1) is 10.7. The fraction of sp³-hybridized carbons (Fsp3) is 0.0588. The number of aromatic carboxylic acids is 1. The summed E-state index contributed by atoms with van der Waals surface area (Å²) in [7, 11) is 0. The van der Waals surface area contributed by atoms with Crippen LogP contribution in [0.5, 0.6) is 0 Å². The zero-order valence-electron chi connectivity index (χ0n) is 11.6. The summed E-state index contributed by atoms with van der Waals surface area (Å²) in [4.78, 5) is 11.1. The molecule has 0 fully saturated rings. The number of benzene rings is 2. The van der Waals surface area contributed by atoms with Crippen LogP contribution in [0.25, 0.3) is 22.6 Å². The van der Waals surface area contributed by atoms with Crippen molar-refractivity contribution in [3.63, 3.8) is 0 Å². The first kappa shape index (κ1) is 14.0. The lowest BCUT2D eigenvalue weighted by Crippen LogP contribution is -1.96. The molecule has 1 heterocycles. The van der Waals surface area contributed by atoms with E-state index in [0.717, 1.165) is 5.56 Å². The number of nitrogens with zero attached hydrogens (tertiary/aromatic N) is 1. The topological polar surface area (TPSA) is 83.6 Å². The number of carboxylic acid groups (broad SMARTS) is 1. The summed E-state index contributed by atoms with van der Waals surface area (Å²) in [6.45, 7) is -0.250. The molecular weight excluding hydrogens is 282 g/mol. The van der Waals surface area contributed by atoms with E-state index in [4.69, 9.17) is 9.63 Å². The molecule has 0 bridgehead atoms. The SMILES string of the molecule is O=C(O)c1cccc(-c2noc(-c3ccccc3)c2CO)c1. The molecule has 22 heavy (non-hydrogen) atoms. The number of aliphatic hydroxyl groups excluding tert-OH is 1. The third-order valence-electron chi connectivity index (χ3n) is 3.37. The molecule has 0 saturated carbocycles. The van der Waals surface area contributed by atoms with Crippen molar-refractivity contribution in [3.8, 4) is 22.6 Å². The molecule has 3 rings (SSSR count). The van der Waals surface area contributed by atoms with Crippen LogP contribution in [0.4, 0.5) is 0 Å². The highest BCUT2D eigenvalue weighted by Gasteiger charge is 2.18. The van der Waals surface area contributed by atoms with Gasteiger partial charge in [-0.25, -0.2) is 4.79 Å². The van der Waals surface area contributed by atoms with Crippen molar-refractivity contribution in [1.29, 1.82) is 0 Å². The van der Waals surface area contributed by atoms with E-state index in [-0.39, 0.29) is 12.2 Å². The minimum absolute atomic E-state index is 0.158. The molecule has 5 heteroatoms. The minimum atomic E-state index is -1.01. The van der Waals surface area contributed by atoms with E-state index in [1.54, 1.807) is 12.1 Å². The Balaban J connectivity index is 2.11. The van der Waals surface area contributed by atoms with Gasteiger partial charge in [-0.15, -0.1) is 0 Å². The van der Waals surface area contributed by atoms with Gasteiger partial charge in [0.2, 0.25) is 0 Å². The fourth-order valence-electron chi connectivity index (χ4n) is 2.30. The molecule has 5 nitrogen and oxygen atoms in total. The van der Waals surface area contributed by atoms with Gasteiger partial charge in [0.15, 0.2) is 5.76 Å². The Morgan fingerprint density at radius 2 is 1.77 bits per heavy atom. The van der Waals surface area contributed by atoms with Crippen molar-refractivity contribution in [2.45, 2.75) is 6.61 Å². The van der Waals surface area contributed by atoms with Gasteiger partial charge in [0.1, 0.15) is 5.69 Å². The van der Waals surface area contributed by atoms with Gasteiger partial charge in [0, 0.05) is 11.1 Å². The fourth-order valence-corrected chi connectivity index (χ4v) is 2.30. The van der Waals surface area contributed by atoms with Crippen molar-refractivity contribution in [1.82, 2.24) is 5.16 Å². The van der Waals surface area contributed by atoms with Gasteiger partial charge >= 0.3 is 5.97 Å². The van der Waals surface area contributed by atoms with Gasteiger partial charge in [0.05, 0.1) is 17.7 Å². The number of carboxylic acids is 1. The Kier molecular flexibility index (Phi) is 3.72. The molecule has 0 atom stereocenters. The molecule has 0 aliphatic rings. The summed E-state index contributed by atoms with van der Waals surface area (Å²) >= 11 is 0. The third kappa shape index (κ3) is 2.49. The van der Waals surface area contributed by atoms with Crippen LogP contribution in [0, 0.1) is 0 Å². The monoisotopic (exact) mass is 295 g/mol. The maximum atomic E-state index is 11.1. The van der Waals surface area contributed by atoms with Crippen LogP contribution in [0.15, 0.2) is 59.1 Å². The van der Waals surface area contributed by atoms with Crippen molar-refractivity contribution < 1.29 is 19.5 Å². The van der Waals surface area contributed by atoms with E-state index in [2.05, 4.69) is 5.16 Å². The van der Waals surface area contributed by atoms with E-state index < -0.39 is 5.97 Å². The molecule has 0 radical (unpaired) electrons. The van der Waals surface area contributed by atoms with Crippen LogP contribution in [0.1, 0.15) is 15.9 Å². The molecule has 0 amide bonds. The highest BCUT2D eigenvalue weighted by molar-refractivity contribution is 5.89. The Bertz CT molecular complexity index is 809. The molecular formula is C17H13NO4. The van der Waals surface area contributed by atoms with E-state index in [1.807, 2.05) is 30.3 Å². The molecule has 0 unspecified atom stereocenters. The van der Waals surface area contributed by atoms with E-state index in [1.165, 1.54) is 12.1 Å². The molecule has 0 aliphatic carbocycles. The van der Waals surface area contributed by atoms with Crippen LogP contribution in [0.2, 0.25) is 0 Å². The van der Waals surface area contributed by atoms with E-state index >= 15 is 0 Å². The number of carbonyl (C=O) groups is 1. The average molecular weight is 295 g/mol. The van der Waals surface area contributed by atoms with Crippen molar-refractivity contribution in [2.24, 2.45) is 0 Å². The smallest absolute Gasteiger partial charge is 0.335 e. The second-order valence-corrected chi connectivity index (χ2v) is 4.75. The van der Waals surface area contributed by atoms with E-state index in [0.29, 0.717) is 22.6 Å². The predicted octanol–water partition coefficient (Wildman–Crippen LogP) is 3.20. The highest BCUT2D eigenvalue weighted by atomic mass is 16.5. The molecule has 0 aliphatic heterocycles. The predicted molar refractivity (Wildman–Crippen MR) is 80.3 cm³/mol. The highest BCUT2D eigenvalue weighted by Crippen LogP contribution is 2.32. The summed E-state index contributed by atoms with van der Waals surface area (Å²) in [5.41, 5.74) is 2.54. The van der Waals surface area contributed by atoms with E-state index in [9.17, 15) is 9.90 Å². The second kappa shape index (κ2) is 5.83. The number of aliphatic hydroxyl groups is 1. The van der Waals surface area contributed by atoms with Crippen LogP contribution in [-0.4, -0.2) is 21.3 Å². The van der Waals surface area contributed by atoms with Gasteiger partial charge in [-0.05, 0) is 12.1 Å². The lowest BCUT2D eigenvalue weighted by molar-refractivity contribution is 0.0697. The normalized spacial score (nSPS) is 10.6. The van der Waals surface area contributed by atoms with Gasteiger partial charge in [-0.3, -0.25) is 0 Å². The van der Waals surface area contributed by atoms with Gasteiger partial charge in [-0.2, -0.15) is 0 Å². The summed E-state index contributed by atoms with van der Waals surface area (Å²) in [6, 6.07) is 15.7. The van der Waals surface area contributed by atoms with Crippen LogP contribution in [0.3, 0.4) is 0 Å². The maximum absolute atomic E-state index is 11.1. The maximum Gasteiger partial charge on any atom is 0.335 e. The summed E-state index contributed by atoms with van der Waals surface area (Å²) in [5, 5.41) is 22.8. The average Bonchev–Trinajstić information content (AvgIpc) is 2.99. The zero-order chi connectivity index (χ0) is 15.5. The minimum Gasteiger partial charge on any atom is -0.478 e. The van der Waals surface area contributed by atoms with Crippen LogP contribution < -0.4 is 0 Å². The van der Waals surface area contributed by atoms with Gasteiger partial charge in [-0.1, -0.05) is 47.6 Å². The lowest BCUT2D eigenvalue weighted by Gasteiger charge is -2.02. The van der Waals surface area contributed by atoms with Crippen LogP contribution in [-0.2, 0) is 6.61 Å². The summed E-state index contributed by atoms with van der Waals surface area (Å²) < 4.78 is 5.37. The lowest BCUT2D eigenvalue weighted by atomic mass is 10.0. The molecule has 0 saturated heterocycles. The number of hydrogen-bond donors (Lipinski definition) is 2. The summed E-state index contributed by atoms with van der Waals surface area (Å²) in [5.74, 6) is -0.530. The Morgan fingerprint density at radius 1 is 1.05 bits per heavy atom. The first-order valence-corrected chi connectivity index (χ1v) is 6.69. The molecule has 2 aromatic carbocycles. The third-order valence-corrected chi connectivity index (χ3v) is 3.37. The Morgan fingerprint density at radius 3 is 2.45 bits per heavy atom. The quantitative estimate of drug-likeness (QED) is 0.772. The Hall–Kier alpha value is -2.92. The largest absolute Gasteiger partial charge is 0.478 e. The van der Waals surface area contributed by atoms with Crippen molar-refractivity contribution in [2.75, 3.05) is 0 Å².